The van der Waals surface area contributed by atoms with Crippen LogP contribution in [0.5, 0.6) is 0 Å². The third-order valence-electron chi connectivity index (χ3n) is 4.32. The fourth-order valence-electron chi connectivity index (χ4n) is 2.89. The minimum atomic E-state index is -0.543. The second kappa shape index (κ2) is 7.48. The van der Waals surface area contributed by atoms with Gasteiger partial charge in [0.05, 0.1) is 10.5 Å². The van der Waals surface area contributed by atoms with Gasteiger partial charge in [-0.3, -0.25) is 14.9 Å². The number of hydrogen-bond acceptors (Lipinski definition) is 5. The number of halogens is 1. The van der Waals surface area contributed by atoms with E-state index in [1.54, 1.807) is 18.2 Å². The fourth-order valence-corrected chi connectivity index (χ4v) is 3.32. The van der Waals surface area contributed by atoms with Crippen LogP contribution in [0.1, 0.15) is 15.9 Å². The summed E-state index contributed by atoms with van der Waals surface area (Å²) in [6, 6.07) is 16.8. The Morgan fingerprint density at radius 2 is 1.97 bits per heavy atom. The molecule has 1 aromatic heterocycles. The standard InChI is InChI=1S/C21H14BrN3O4/c1-12-5-8-19-18(9-12)24-21(29-19)13-3-2-4-14(10-13)23-20(26)16-11-15(25(27)28)6-7-17(16)22/h2-11H,1H3,(H,23,26). The van der Waals surface area contributed by atoms with Gasteiger partial charge in [-0.25, -0.2) is 4.98 Å². The first-order valence-electron chi connectivity index (χ1n) is 8.63. The van der Waals surface area contributed by atoms with Crippen molar-refractivity contribution in [3.8, 4) is 11.5 Å². The minimum absolute atomic E-state index is 0.158. The van der Waals surface area contributed by atoms with Crippen molar-refractivity contribution in [3.05, 3.63) is 86.4 Å². The number of rotatable bonds is 4. The Hall–Kier alpha value is -3.52. The summed E-state index contributed by atoms with van der Waals surface area (Å²) in [5.41, 5.74) is 3.76. The van der Waals surface area contributed by atoms with E-state index in [2.05, 4.69) is 26.2 Å². The molecule has 4 aromatic rings. The summed E-state index contributed by atoms with van der Waals surface area (Å²) in [4.78, 5) is 27.6. The molecule has 0 fully saturated rings. The van der Waals surface area contributed by atoms with Crippen molar-refractivity contribution in [1.82, 2.24) is 4.98 Å². The summed E-state index contributed by atoms with van der Waals surface area (Å²) in [7, 11) is 0. The van der Waals surface area contributed by atoms with Gasteiger partial charge in [-0.05, 0) is 64.8 Å². The van der Waals surface area contributed by atoms with E-state index in [-0.39, 0.29) is 11.3 Å². The Balaban J connectivity index is 1.63. The topological polar surface area (TPSA) is 98.3 Å². The number of anilines is 1. The molecular weight excluding hydrogens is 438 g/mol. The Morgan fingerprint density at radius 3 is 2.76 bits per heavy atom. The second-order valence-corrected chi connectivity index (χ2v) is 7.30. The van der Waals surface area contributed by atoms with E-state index in [1.807, 2.05) is 31.2 Å². The van der Waals surface area contributed by atoms with Gasteiger partial charge >= 0.3 is 0 Å². The number of aryl methyl sites for hydroxylation is 1. The second-order valence-electron chi connectivity index (χ2n) is 6.45. The van der Waals surface area contributed by atoms with Crippen LogP contribution in [-0.2, 0) is 0 Å². The zero-order valence-electron chi connectivity index (χ0n) is 15.2. The van der Waals surface area contributed by atoms with Crippen molar-refractivity contribution in [2.45, 2.75) is 6.92 Å². The lowest BCUT2D eigenvalue weighted by molar-refractivity contribution is -0.384. The average Bonchev–Trinajstić information content (AvgIpc) is 3.11. The molecule has 1 heterocycles. The zero-order valence-corrected chi connectivity index (χ0v) is 16.8. The molecule has 4 rings (SSSR count). The first kappa shape index (κ1) is 18.8. The molecule has 0 aliphatic rings. The number of nitrogens with zero attached hydrogens (tertiary/aromatic N) is 2. The Labute approximate surface area is 173 Å². The zero-order chi connectivity index (χ0) is 20.5. The summed E-state index contributed by atoms with van der Waals surface area (Å²) in [5.74, 6) is -0.0239. The lowest BCUT2D eigenvalue weighted by Gasteiger charge is -2.08. The van der Waals surface area contributed by atoms with Crippen molar-refractivity contribution >= 4 is 44.3 Å². The Bertz CT molecular complexity index is 1270. The number of nitro benzene ring substituents is 1. The van der Waals surface area contributed by atoms with Gasteiger partial charge in [-0.2, -0.15) is 0 Å². The first-order valence-corrected chi connectivity index (χ1v) is 9.43. The van der Waals surface area contributed by atoms with Crippen molar-refractivity contribution in [3.63, 3.8) is 0 Å². The fraction of sp³-hybridized carbons (Fsp3) is 0.0476. The highest BCUT2D eigenvalue weighted by Gasteiger charge is 2.16. The van der Waals surface area contributed by atoms with Crippen LogP contribution in [0.3, 0.4) is 0 Å². The maximum Gasteiger partial charge on any atom is 0.270 e. The van der Waals surface area contributed by atoms with E-state index in [0.717, 1.165) is 11.1 Å². The summed E-state index contributed by atoms with van der Waals surface area (Å²) in [6.45, 7) is 1.98. The molecule has 0 aliphatic carbocycles. The van der Waals surface area contributed by atoms with Crippen molar-refractivity contribution in [2.75, 3.05) is 5.32 Å². The maximum absolute atomic E-state index is 12.6. The molecule has 1 amide bonds. The Kier molecular flexibility index (Phi) is 4.85. The normalized spacial score (nSPS) is 10.8. The highest BCUT2D eigenvalue weighted by Crippen LogP contribution is 2.28. The van der Waals surface area contributed by atoms with Gasteiger partial charge in [0.25, 0.3) is 11.6 Å². The molecule has 0 spiro atoms. The van der Waals surface area contributed by atoms with Crippen LogP contribution >= 0.6 is 15.9 Å². The number of carbonyl (C=O) groups excluding carboxylic acids is 1. The number of non-ortho nitro benzene ring substituents is 1. The van der Waals surface area contributed by atoms with Crippen LogP contribution in [0.2, 0.25) is 0 Å². The molecule has 7 nitrogen and oxygen atoms in total. The van der Waals surface area contributed by atoms with Gasteiger partial charge < -0.3 is 9.73 Å². The molecule has 0 bridgehead atoms. The molecule has 0 aliphatic heterocycles. The lowest BCUT2D eigenvalue weighted by atomic mass is 10.1. The molecule has 144 valence electrons. The molecule has 0 saturated heterocycles. The molecule has 3 aromatic carbocycles. The average molecular weight is 452 g/mol. The summed E-state index contributed by atoms with van der Waals surface area (Å²) >= 11 is 3.26. The van der Waals surface area contributed by atoms with Crippen LogP contribution in [0.15, 0.2) is 69.6 Å². The molecule has 1 N–H and O–H groups in total. The van der Waals surface area contributed by atoms with Crippen LogP contribution < -0.4 is 5.32 Å². The largest absolute Gasteiger partial charge is 0.436 e. The summed E-state index contributed by atoms with van der Waals surface area (Å²) in [6.07, 6.45) is 0. The lowest BCUT2D eigenvalue weighted by Crippen LogP contribution is -2.13. The molecule has 8 heteroatoms. The van der Waals surface area contributed by atoms with Gasteiger partial charge in [0.1, 0.15) is 5.52 Å². The smallest absolute Gasteiger partial charge is 0.270 e. The molecule has 0 radical (unpaired) electrons. The molecular formula is C21H14BrN3O4. The highest BCUT2D eigenvalue weighted by molar-refractivity contribution is 9.10. The van der Waals surface area contributed by atoms with E-state index in [1.165, 1.54) is 18.2 Å². The van der Waals surface area contributed by atoms with Crippen LogP contribution in [-0.4, -0.2) is 15.8 Å². The first-order chi connectivity index (χ1) is 13.9. The van der Waals surface area contributed by atoms with Gasteiger partial charge in [0.15, 0.2) is 5.58 Å². The van der Waals surface area contributed by atoms with Gasteiger partial charge in [-0.1, -0.05) is 12.1 Å². The number of benzene rings is 3. The number of nitrogens with one attached hydrogen (secondary N) is 1. The molecule has 0 saturated carbocycles. The van der Waals surface area contributed by atoms with Crippen LogP contribution in [0.25, 0.3) is 22.6 Å². The third kappa shape index (κ3) is 3.88. The van der Waals surface area contributed by atoms with Crippen molar-refractivity contribution in [2.24, 2.45) is 0 Å². The van der Waals surface area contributed by atoms with E-state index < -0.39 is 10.8 Å². The highest BCUT2D eigenvalue weighted by atomic mass is 79.9. The molecule has 29 heavy (non-hydrogen) atoms. The quantitative estimate of drug-likeness (QED) is 0.315. The van der Waals surface area contributed by atoms with Crippen LogP contribution in [0, 0.1) is 17.0 Å². The number of aromatic nitrogens is 1. The molecule has 0 atom stereocenters. The SMILES string of the molecule is Cc1ccc2oc(-c3cccc(NC(=O)c4cc([N+](=O)[O-])ccc4Br)c3)nc2c1. The number of hydrogen-bond donors (Lipinski definition) is 1. The number of nitro groups is 1. The molecule has 0 unspecified atom stereocenters. The maximum atomic E-state index is 12.6. The number of oxazole rings is 1. The van der Waals surface area contributed by atoms with Crippen molar-refractivity contribution in [1.29, 1.82) is 0 Å². The van der Waals surface area contributed by atoms with Crippen LogP contribution in [0.4, 0.5) is 11.4 Å². The third-order valence-corrected chi connectivity index (χ3v) is 5.01. The summed E-state index contributed by atoms with van der Waals surface area (Å²) < 4.78 is 6.27. The van der Waals surface area contributed by atoms with E-state index in [9.17, 15) is 14.9 Å². The van der Waals surface area contributed by atoms with E-state index >= 15 is 0 Å². The minimum Gasteiger partial charge on any atom is -0.436 e. The van der Waals surface area contributed by atoms with Gasteiger partial charge in [0.2, 0.25) is 5.89 Å². The number of carbonyl (C=O) groups is 1. The van der Waals surface area contributed by atoms with Crippen molar-refractivity contribution < 1.29 is 14.1 Å². The predicted molar refractivity (Wildman–Crippen MR) is 113 cm³/mol. The van der Waals surface area contributed by atoms with Gasteiger partial charge in [0, 0.05) is 27.9 Å². The number of fused-ring (bicyclic) bond motifs is 1. The van der Waals surface area contributed by atoms with E-state index in [0.29, 0.717) is 27.2 Å². The summed E-state index contributed by atoms with van der Waals surface area (Å²) in [5, 5.41) is 13.7. The Morgan fingerprint density at radius 1 is 1.14 bits per heavy atom. The number of amides is 1. The predicted octanol–water partition coefficient (Wildman–Crippen LogP) is 5.73. The van der Waals surface area contributed by atoms with E-state index in [4.69, 9.17) is 4.42 Å². The monoisotopic (exact) mass is 451 g/mol. The van der Waals surface area contributed by atoms with Gasteiger partial charge in [-0.15, -0.1) is 0 Å².